The van der Waals surface area contributed by atoms with E-state index in [1.807, 2.05) is 38.1 Å². The van der Waals surface area contributed by atoms with Crippen molar-refractivity contribution >= 4 is 17.3 Å². The van der Waals surface area contributed by atoms with Crippen LogP contribution in [0.15, 0.2) is 42.5 Å². The highest BCUT2D eigenvalue weighted by molar-refractivity contribution is 6.30. The van der Waals surface area contributed by atoms with Gasteiger partial charge in [0.15, 0.2) is 0 Å². The first-order valence-electron chi connectivity index (χ1n) is 7.05. The molecule has 2 aromatic carbocycles. The summed E-state index contributed by atoms with van der Waals surface area (Å²) in [5.74, 6) is -0.277. The fraction of sp³-hybridized carbons (Fsp3) is 0.294. The van der Waals surface area contributed by atoms with Gasteiger partial charge in [-0.05, 0) is 44.2 Å². The van der Waals surface area contributed by atoms with Gasteiger partial charge in [0.2, 0.25) is 0 Å². The molecule has 2 N–H and O–H groups in total. The zero-order valence-corrected chi connectivity index (χ0v) is 13.1. The third-order valence-electron chi connectivity index (χ3n) is 3.62. The van der Waals surface area contributed by atoms with E-state index in [9.17, 15) is 4.39 Å². The van der Waals surface area contributed by atoms with Crippen molar-refractivity contribution in [1.29, 1.82) is 0 Å². The van der Waals surface area contributed by atoms with Crippen LogP contribution in [-0.4, -0.2) is 13.1 Å². The minimum Gasteiger partial charge on any atom is -0.363 e. The van der Waals surface area contributed by atoms with Gasteiger partial charge in [-0.25, -0.2) is 4.39 Å². The van der Waals surface area contributed by atoms with E-state index in [4.69, 9.17) is 17.3 Å². The summed E-state index contributed by atoms with van der Waals surface area (Å²) in [7, 11) is 0. The first kappa shape index (κ1) is 15.8. The summed E-state index contributed by atoms with van der Waals surface area (Å²) >= 11 is 6.01. The van der Waals surface area contributed by atoms with Crippen LogP contribution >= 0.6 is 11.6 Å². The number of halogens is 2. The van der Waals surface area contributed by atoms with Gasteiger partial charge in [-0.15, -0.1) is 0 Å². The number of nitrogens with two attached hydrogens (primary N) is 1. The highest BCUT2D eigenvalue weighted by Crippen LogP contribution is 2.29. The summed E-state index contributed by atoms with van der Waals surface area (Å²) in [5.41, 5.74) is 8.66. The van der Waals surface area contributed by atoms with Crippen molar-refractivity contribution in [1.82, 2.24) is 0 Å². The molecule has 2 nitrogen and oxygen atoms in total. The predicted molar refractivity (Wildman–Crippen MR) is 87.4 cm³/mol. The molecule has 112 valence electrons. The molecule has 21 heavy (non-hydrogen) atoms. The van der Waals surface area contributed by atoms with Crippen molar-refractivity contribution in [2.24, 2.45) is 5.73 Å². The molecule has 0 amide bonds. The van der Waals surface area contributed by atoms with Crippen LogP contribution in [0.25, 0.3) is 0 Å². The molecule has 2 rings (SSSR count). The van der Waals surface area contributed by atoms with Crippen LogP contribution in [0.2, 0.25) is 5.02 Å². The molecule has 0 spiro atoms. The first-order chi connectivity index (χ1) is 10.1. The summed E-state index contributed by atoms with van der Waals surface area (Å²) in [6, 6.07) is 12.5. The maximum Gasteiger partial charge on any atom is 0.128 e. The van der Waals surface area contributed by atoms with E-state index in [1.165, 1.54) is 11.6 Å². The smallest absolute Gasteiger partial charge is 0.128 e. The Labute approximate surface area is 130 Å². The molecule has 0 aliphatic rings. The Kier molecular flexibility index (Phi) is 5.21. The predicted octanol–water partition coefficient (Wildman–Crippen LogP) is 4.31. The van der Waals surface area contributed by atoms with E-state index in [-0.39, 0.29) is 11.9 Å². The van der Waals surface area contributed by atoms with E-state index in [0.717, 1.165) is 12.2 Å². The Balaban J connectivity index is 2.42. The first-order valence-corrected chi connectivity index (χ1v) is 7.43. The van der Waals surface area contributed by atoms with Gasteiger partial charge in [-0.1, -0.05) is 29.3 Å². The monoisotopic (exact) mass is 306 g/mol. The van der Waals surface area contributed by atoms with Crippen molar-refractivity contribution in [2.75, 3.05) is 18.0 Å². The molecule has 0 saturated carbocycles. The van der Waals surface area contributed by atoms with Gasteiger partial charge in [0.25, 0.3) is 0 Å². The molecule has 0 aliphatic carbocycles. The number of likely N-dealkylation sites (N-methyl/N-ethyl adjacent to an activating group) is 1. The minimum absolute atomic E-state index is 0.239. The molecule has 0 saturated heterocycles. The maximum atomic E-state index is 14.1. The number of nitrogens with zero attached hydrogens (tertiary/aromatic N) is 1. The second kappa shape index (κ2) is 6.92. The number of hydrogen-bond donors (Lipinski definition) is 1. The maximum absolute atomic E-state index is 14.1. The quantitative estimate of drug-likeness (QED) is 0.891. The summed E-state index contributed by atoms with van der Waals surface area (Å²) in [6.45, 7) is 5.12. The van der Waals surface area contributed by atoms with E-state index in [2.05, 4.69) is 4.90 Å². The second-order valence-electron chi connectivity index (χ2n) is 5.04. The third-order valence-corrected chi connectivity index (χ3v) is 3.86. The molecular weight excluding hydrogens is 287 g/mol. The molecule has 0 heterocycles. The normalized spacial score (nSPS) is 12.2. The van der Waals surface area contributed by atoms with E-state index < -0.39 is 0 Å². The van der Waals surface area contributed by atoms with Gasteiger partial charge in [-0.2, -0.15) is 0 Å². The fourth-order valence-electron chi connectivity index (χ4n) is 2.51. The van der Waals surface area contributed by atoms with E-state index >= 15 is 0 Å². The minimum atomic E-state index is -0.277. The standard InChI is InChI=1S/C17H20ClFN2/c1-3-21(14-7-4-12(2)5-8-14)17(11-20)15-10-13(18)6-9-16(15)19/h4-10,17H,3,11,20H2,1-2H3. The van der Waals surface area contributed by atoms with E-state index in [0.29, 0.717) is 17.1 Å². The molecule has 1 unspecified atom stereocenters. The Morgan fingerprint density at radius 3 is 2.43 bits per heavy atom. The van der Waals surface area contributed by atoms with Crippen LogP contribution in [0.3, 0.4) is 0 Å². The topological polar surface area (TPSA) is 29.3 Å². The van der Waals surface area contributed by atoms with Crippen molar-refractivity contribution in [2.45, 2.75) is 19.9 Å². The van der Waals surface area contributed by atoms with Crippen molar-refractivity contribution in [3.63, 3.8) is 0 Å². The van der Waals surface area contributed by atoms with E-state index in [1.54, 1.807) is 12.1 Å². The summed E-state index contributed by atoms with van der Waals surface area (Å²) in [4.78, 5) is 2.09. The molecule has 0 aromatic heterocycles. The Morgan fingerprint density at radius 2 is 1.86 bits per heavy atom. The van der Waals surface area contributed by atoms with Gasteiger partial charge >= 0.3 is 0 Å². The number of rotatable bonds is 5. The molecular formula is C17H20ClFN2. The lowest BCUT2D eigenvalue weighted by molar-refractivity contribution is 0.562. The average Bonchev–Trinajstić information content (AvgIpc) is 2.49. The summed E-state index contributed by atoms with van der Waals surface area (Å²) in [5, 5.41) is 0.518. The van der Waals surface area contributed by atoms with Crippen LogP contribution in [0.1, 0.15) is 24.1 Å². The number of anilines is 1. The Hall–Kier alpha value is -1.58. The summed E-state index contributed by atoms with van der Waals surface area (Å²) in [6.07, 6.45) is 0. The van der Waals surface area contributed by atoms with Gasteiger partial charge in [-0.3, -0.25) is 0 Å². The SMILES string of the molecule is CCN(c1ccc(C)cc1)C(CN)c1cc(Cl)ccc1F. The van der Waals surface area contributed by atoms with Crippen molar-refractivity contribution < 1.29 is 4.39 Å². The highest BCUT2D eigenvalue weighted by Gasteiger charge is 2.21. The van der Waals surface area contributed by atoms with Crippen LogP contribution in [0.5, 0.6) is 0 Å². The molecule has 1 atom stereocenters. The van der Waals surface area contributed by atoms with Gasteiger partial charge in [0.05, 0.1) is 6.04 Å². The zero-order chi connectivity index (χ0) is 15.4. The number of aryl methyl sites for hydroxylation is 1. The van der Waals surface area contributed by atoms with Gasteiger partial charge in [0.1, 0.15) is 5.82 Å². The highest BCUT2D eigenvalue weighted by atomic mass is 35.5. The van der Waals surface area contributed by atoms with Crippen LogP contribution in [0.4, 0.5) is 10.1 Å². The van der Waals surface area contributed by atoms with Crippen molar-refractivity contribution in [3.8, 4) is 0 Å². The fourth-order valence-corrected chi connectivity index (χ4v) is 2.69. The Morgan fingerprint density at radius 1 is 1.19 bits per heavy atom. The second-order valence-corrected chi connectivity index (χ2v) is 5.48. The van der Waals surface area contributed by atoms with Crippen LogP contribution in [-0.2, 0) is 0 Å². The Bertz CT molecular complexity index is 598. The molecule has 0 aliphatic heterocycles. The van der Waals surface area contributed by atoms with Crippen LogP contribution < -0.4 is 10.6 Å². The zero-order valence-electron chi connectivity index (χ0n) is 12.3. The molecule has 0 bridgehead atoms. The lowest BCUT2D eigenvalue weighted by atomic mass is 10.0. The average molecular weight is 307 g/mol. The third kappa shape index (κ3) is 3.55. The molecule has 4 heteroatoms. The lowest BCUT2D eigenvalue weighted by Crippen LogP contribution is -2.34. The van der Waals surface area contributed by atoms with Crippen LogP contribution in [0, 0.1) is 12.7 Å². The molecule has 0 radical (unpaired) electrons. The summed E-state index contributed by atoms with van der Waals surface area (Å²) < 4.78 is 14.1. The molecule has 2 aromatic rings. The number of hydrogen-bond acceptors (Lipinski definition) is 2. The van der Waals surface area contributed by atoms with Gasteiger partial charge < -0.3 is 10.6 Å². The largest absolute Gasteiger partial charge is 0.363 e. The van der Waals surface area contributed by atoms with Crippen molar-refractivity contribution in [3.05, 3.63) is 64.4 Å². The lowest BCUT2D eigenvalue weighted by Gasteiger charge is -2.32. The number of benzene rings is 2. The van der Waals surface area contributed by atoms with Gasteiger partial charge in [0, 0.05) is 29.4 Å². The molecule has 0 fully saturated rings.